The van der Waals surface area contributed by atoms with Crippen molar-refractivity contribution in [2.24, 2.45) is 5.73 Å². The van der Waals surface area contributed by atoms with Crippen LogP contribution in [0, 0.1) is 0 Å². The van der Waals surface area contributed by atoms with Crippen LogP contribution < -0.4 is 5.73 Å². The lowest BCUT2D eigenvalue weighted by atomic mass is 9.90. The van der Waals surface area contributed by atoms with E-state index in [1.165, 1.54) is 0 Å². The molecule has 0 amide bonds. The summed E-state index contributed by atoms with van der Waals surface area (Å²) in [7, 11) is -3.25. The van der Waals surface area contributed by atoms with Gasteiger partial charge >= 0.3 is 0 Å². The average molecular weight is 248 g/mol. The summed E-state index contributed by atoms with van der Waals surface area (Å²) in [5.74, 6) is 0. The molecule has 0 saturated carbocycles. The SMILES string of the molecule is CC1(C)CC(N)CCN1S(=O)(=O)C(C)(C)C. The van der Waals surface area contributed by atoms with Gasteiger partial charge in [0.25, 0.3) is 0 Å². The summed E-state index contributed by atoms with van der Waals surface area (Å²) in [4.78, 5) is 0. The lowest BCUT2D eigenvalue weighted by molar-refractivity contribution is 0.151. The van der Waals surface area contributed by atoms with E-state index in [2.05, 4.69) is 0 Å². The van der Waals surface area contributed by atoms with Crippen LogP contribution in [0.2, 0.25) is 0 Å². The molecular weight excluding hydrogens is 224 g/mol. The molecule has 0 aromatic rings. The Kier molecular flexibility index (Phi) is 3.45. The molecule has 1 unspecified atom stereocenters. The predicted molar refractivity (Wildman–Crippen MR) is 66.7 cm³/mol. The standard InChI is InChI=1S/C11H24N2O2S/c1-10(2,3)16(14,15)13-7-6-9(12)8-11(13,4)5/h9H,6-8,12H2,1-5H3. The number of nitrogens with zero attached hydrogens (tertiary/aromatic N) is 1. The quantitative estimate of drug-likeness (QED) is 0.761. The van der Waals surface area contributed by atoms with Gasteiger partial charge in [-0.15, -0.1) is 0 Å². The van der Waals surface area contributed by atoms with Crippen LogP contribution >= 0.6 is 0 Å². The van der Waals surface area contributed by atoms with E-state index in [1.807, 2.05) is 13.8 Å². The summed E-state index contributed by atoms with van der Waals surface area (Å²) in [6, 6.07) is 0.112. The number of hydrogen-bond acceptors (Lipinski definition) is 3. The van der Waals surface area contributed by atoms with Crippen LogP contribution in [0.3, 0.4) is 0 Å². The van der Waals surface area contributed by atoms with Crippen molar-refractivity contribution in [1.82, 2.24) is 4.31 Å². The molecule has 0 aliphatic carbocycles. The molecule has 1 aliphatic heterocycles. The summed E-state index contributed by atoms with van der Waals surface area (Å²) < 4.78 is 25.7. The van der Waals surface area contributed by atoms with Gasteiger partial charge < -0.3 is 5.73 Å². The largest absolute Gasteiger partial charge is 0.328 e. The van der Waals surface area contributed by atoms with Gasteiger partial charge in [0.1, 0.15) is 0 Å². The van der Waals surface area contributed by atoms with Gasteiger partial charge in [-0.2, -0.15) is 4.31 Å². The van der Waals surface area contributed by atoms with Gasteiger partial charge in [0.15, 0.2) is 0 Å². The first kappa shape index (κ1) is 13.9. The Labute approximate surface area is 99.2 Å². The monoisotopic (exact) mass is 248 g/mol. The maximum absolute atomic E-state index is 12.4. The van der Waals surface area contributed by atoms with Crippen LogP contribution in [0.5, 0.6) is 0 Å². The molecule has 96 valence electrons. The Balaban J connectivity index is 3.06. The van der Waals surface area contributed by atoms with Crippen LogP contribution in [0.1, 0.15) is 47.5 Å². The molecule has 1 fully saturated rings. The van der Waals surface area contributed by atoms with Gasteiger partial charge in [0.2, 0.25) is 10.0 Å². The molecule has 0 aromatic carbocycles. The van der Waals surface area contributed by atoms with Crippen LogP contribution in [-0.4, -0.2) is 35.6 Å². The molecule has 0 radical (unpaired) electrons. The topological polar surface area (TPSA) is 63.4 Å². The summed E-state index contributed by atoms with van der Waals surface area (Å²) in [6.07, 6.45) is 1.47. The Bertz CT molecular complexity index is 355. The Morgan fingerprint density at radius 3 is 2.19 bits per heavy atom. The first-order chi connectivity index (χ1) is 6.98. The average Bonchev–Trinajstić information content (AvgIpc) is 1.98. The van der Waals surface area contributed by atoms with E-state index in [-0.39, 0.29) is 11.6 Å². The number of nitrogens with two attached hydrogens (primary N) is 1. The summed E-state index contributed by atoms with van der Waals surface area (Å²) in [5, 5.41) is 0. The molecule has 1 heterocycles. The zero-order valence-electron chi connectivity index (χ0n) is 10.9. The molecule has 0 bridgehead atoms. The predicted octanol–water partition coefficient (Wildman–Crippen LogP) is 1.32. The number of piperidine rings is 1. The van der Waals surface area contributed by atoms with Crippen molar-refractivity contribution in [3.05, 3.63) is 0 Å². The summed E-state index contributed by atoms with van der Waals surface area (Å²) in [6.45, 7) is 9.67. The normalized spacial score (nSPS) is 28.0. The summed E-state index contributed by atoms with van der Waals surface area (Å²) >= 11 is 0. The Morgan fingerprint density at radius 2 is 1.81 bits per heavy atom. The number of rotatable bonds is 1. The zero-order valence-corrected chi connectivity index (χ0v) is 11.8. The van der Waals surface area contributed by atoms with Crippen LogP contribution in [-0.2, 0) is 10.0 Å². The maximum Gasteiger partial charge on any atom is 0.219 e. The molecule has 5 heteroatoms. The minimum absolute atomic E-state index is 0.112. The second-order valence-corrected chi connectivity index (χ2v) is 8.87. The molecule has 0 aromatic heterocycles. The number of hydrogen-bond donors (Lipinski definition) is 1. The van der Waals surface area contributed by atoms with Crippen molar-refractivity contribution in [2.75, 3.05) is 6.54 Å². The highest BCUT2D eigenvalue weighted by Gasteiger charge is 2.45. The molecule has 1 atom stereocenters. The molecule has 0 spiro atoms. The van der Waals surface area contributed by atoms with Crippen LogP contribution in [0.4, 0.5) is 0 Å². The van der Waals surface area contributed by atoms with E-state index in [9.17, 15) is 8.42 Å². The molecule has 16 heavy (non-hydrogen) atoms. The van der Waals surface area contributed by atoms with E-state index in [1.54, 1.807) is 25.1 Å². The van der Waals surface area contributed by atoms with E-state index >= 15 is 0 Å². The minimum atomic E-state index is -3.25. The molecule has 4 nitrogen and oxygen atoms in total. The fourth-order valence-corrected chi connectivity index (χ4v) is 3.94. The second-order valence-electron chi connectivity index (χ2n) is 6.25. The van der Waals surface area contributed by atoms with Gasteiger partial charge in [-0.1, -0.05) is 0 Å². The highest BCUT2D eigenvalue weighted by molar-refractivity contribution is 7.90. The maximum atomic E-state index is 12.4. The molecule has 1 aliphatic rings. The third-order valence-corrected chi connectivity index (χ3v) is 6.01. The zero-order chi connectivity index (χ0) is 12.8. The first-order valence-corrected chi connectivity index (χ1v) is 7.20. The smallest absolute Gasteiger partial charge is 0.219 e. The lowest BCUT2D eigenvalue weighted by Crippen LogP contribution is -2.59. The number of sulfonamides is 1. The van der Waals surface area contributed by atoms with Crippen molar-refractivity contribution in [3.63, 3.8) is 0 Å². The minimum Gasteiger partial charge on any atom is -0.328 e. The van der Waals surface area contributed by atoms with E-state index < -0.39 is 14.8 Å². The van der Waals surface area contributed by atoms with E-state index in [4.69, 9.17) is 5.73 Å². The van der Waals surface area contributed by atoms with Crippen LogP contribution in [0.25, 0.3) is 0 Å². The van der Waals surface area contributed by atoms with Gasteiger partial charge in [-0.05, 0) is 47.5 Å². The van der Waals surface area contributed by atoms with Gasteiger partial charge in [-0.3, -0.25) is 0 Å². The van der Waals surface area contributed by atoms with Crippen molar-refractivity contribution in [2.45, 2.75) is 63.8 Å². The van der Waals surface area contributed by atoms with Crippen molar-refractivity contribution >= 4 is 10.0 Å². The molecule has 1 rings (SSSR count). The third kappa shape index (κ3) is 2.41. The fourth-order valence-electron chi connectivity index (χ4n) is 2.21. The Morgan fingerprint density at radius 1 is 1.31 bits per heavy atom. The van der Waals surface area contributed by atoms with Crippen molar-refractivity contribution in [3.8, 4) is 0 Å². The van der Waals surface area contributed by atoms with Crippen LogP contribution in [0.15, 0.2) is 0 Å². The third-order valence-electron chi connectivity index (χ3n) is 3.20. The summed E-state index contributed by atoms with van der Waals surface area (Å²) in [5.41, 5.74) is 5.53. The first-order valence-electron chi connectivity index (χ1n) is 5.76. The molecule has 1 saturated heterocycles. The lowest BCUT2D eigenvalue weighted by Gasteiger charge is -2.46. The van der Waals surface area contributed by atoms with E-state index in [0.717, 1.165) is 12.8 Å². The molecular formula is C11H24N2O2S. The molecule has 2 N–H and O–H groups in total. The van der Waals surface area contributed by atoms with Gasteiger partial charge in [0, 0.05) is 18.1 Å². The van der Waals surface area contributed by atoms with E-state index in [0.29, 0.717) is 6.54 Å². The van der Waals surface area contributed by atoms with Gasteiger partial charge in [0.05, 0.1) is 4.75 Å². The second kappa shape index (κ2) is 3.96. The van der Waals surface area contributed by atoms with Crippen molar-refractivity contribution in [1.29, 1.82) is 0 Å². The Hall–Kier alpha value is -0.130. The highest BCUT2D eigenvalue weighted by atomic mass is 32.2. The fraction of sp³-hybridized carbons (Fsp3) is 1.00. The van der Waals surface area contributed by atoms with Crippen molar-refractivity contribution < 1.29 is 8.42 Å². The van der Waals surface area contributed by atoms with Gasteiger partial charge in [-0.25, -0.2) is 8.42 Å². The highest BCUT2D eigenvalue weighted by Crippen LogP contribution is 2.33.